The van der Waals surface area contributed by atoms with Crippen LogP contribution in [0.15, 0.2) is 30.0 Å². The molecule has 0 saturated heterocycles. The van der Waals surface area contributed by atoms with Crippen molar-refractivity contribution in [2.45, 2.75) is 13.3 Å². The minimum atomic E-state index is -0.208. The molecule has 0 aromatic heterocycles. The van der Waals surface area contributed by atoms with Gasteiger partial charge in [0.1, 0.15) is 29.6 Å². The van der Waals surface area contributed by atoms with Crippen molar-refractivity contribution >= 4 is 5.57 Å². The first-order valence-corrected chi connectivity index (χ1v) is 6.95. The molecule has 2 aliphatic rings. The molecular formula is C17H14O5. The number of fused-ring (bicyclic) bond motifs is 3. The molecule has 2 aromatic carbocycles. The van der Waals surface area contributed by atoms with Crippen LogP contribution in [0.1, 0.15) is 16.7 Å². The molecule has 0 saturated carbocycles. The van der Waals surface area contributed by atoms with Crippen LogP contribution < -0.4 is 9.47 Å². The standard InChI is InChI=1S/C17H14O5/c1-8-12(18)3-2-9-4-10-11-5-13(19)14(20)6-15(11)21-7-16(10)22-17(8)9/h2-3,5-6,18-20H,4,7H2,1H3. The first kappa shape index (κ1) is 12.9. The fourth-order valence-electron chi connectivity index (χ4n) is 2.91. The number of ether oxygens (including phenoxy) is 2. The SMILES string of the molecule is Cc1c(O)ccc2c1OC1=C(C2)c2cc(O)c(O)cc2OC1. The smallest absolute Gasteiger partial charge is 0.161 e. The Bertz CT molecular complexity index is 835. The van der Waals surface area contributed by atoms with Gasteiger partial charge in [-0.3, -0.25) is 0 Å². The Morgan fingerprint density at radius 3 is 2.59 bits per heavy atom. The largest absolute Gasteiger partial charge is 0.508 e. The molecule has 2 aliphatic heterocycles. The van der Waals surface area contributed by atoms with Crippen LogP contribution in [0.3, 0.4) is 0 Å². The van der Waals surface area contributed by atoms with Crippen LogP contribution in [0.5, 0.6) is 28.7 Å². The second-order valence-electron chi connectivity index (χ2n) is 5.50. The maximum atomic E-state index is 9.81. The van der Waals surface area contributed by atoms with Crippen LogP contribution in [0.4, 0.5) is 0 Å². The van der Waals surface area contributed by atoms with E-state index in [1.807, 2.05) is 6.07 Å². The summed E-state index contributed by atoms with van der Waals surface area (Å²) in [5.41, 5.74) is 3.31. The van der Waals surface area contributed by atoms with Gasteiger partial charge < -0.3 is 24.8 Å². The van der Waals surface area contributed by atoms with E-state index in [9.17, 15) is 15.3 Å². The normalized spacial score (nSPS) is 15.3. The molecule has 0 amide bonds. The number of benzene rings is 2. The molecule has 5 nitrogen and oxygen atoms in total. The minimum Gasteiger partial charge on any atom is -0.508 e. The van der Waals surface area contributed by atoms with Gasteiger partial charge in [0.2, 0.25) is 0 Å². The highest BCUT2D eigenvalue weighted by molar-refractivity contribution is 5.80. The molecule has 0 aliphatic carbocycles. The van der Waals surface area contributed by atoms with Gasteiger partial charge in [-0.05, 0) is 24.6 Å². The summed E-state index contributed by atoms with van der Waals surface area (Å²) >= 11 is 0. The van der Waals surface area contributed by atoms with E-state index in [0.29, 0.717) is 34.8 Å². The lowest BCUT2D eigenvalue weighted by atomic mass is 9.91. The molecule has 3 N–H and O–H groups in total. The molecule has 0 unspecified atom stereocenters. The number of phenolic OH excluding ortho intramolecular Hbond substituents is 3. The second kappa shape index (κ2) is 4.34. The Morgan fingerprint density at radius 1 is 1.00 bits per heavy atom. The van der Waals surface area contributed by atoms with Crippen LogP contribution in [0, 0.1) is 6.92 Å². The number of hydrogen-bond acceptors (Lipinski definition) is 5. The van der Waals surface area contributed by atoms with E-state index < -0.39 is 0 Å². The molecule has 0 spiro atoms. The third-order valence-corrected chi connectivity index (χ3v) is 4.15. The van der Waals surface area contributed by atoms with Crippen LogP contribution in [0.25, 0.3) is 5.57 Å². The van der Waals surface area contributed by atoms with E-state index in [2.05, 4.69) is 0 Å². The summed E-state index contributed by atoms with van der Waals surface area (Å²) in [6, 6.07) is 6.38. The van der Waals surface area contributed by atoms with Crippen LogP contribution in [0.2, 0.25) is 0 Å². The summed E-state index contributed by atoms with van der Waals surface area (Å²) in [7, 11) is 0. The molecule has 0 radical (unpaired) electrons. The molecular weight excluding hydrogens is 284 g/mol. The molecule has 0 bridgehead atoms. The highest BCUT2D eigenvalue weighted by Gasteiger charge is 2.29. The van der Waals surface area contributed by atoms with Crippen molar-refractivity contribution in [3.8, 4) is 28.7 Å². The minimum absolute atomic E-state index is 0.191. The summed E-state index contributed by atoms with van der Waals surface area (Å²) in [5, 5.41) is 29.1. The van der Waals surface area contributed by atoms with Crippen molar-refractivity contribution < 1.29 is 24.8 Å². The van der Waals surface area contributed by atoms with Crippen molar-refractivity contribution in [3.05, 3.63) is 46.7 Å². The Kier molecular flexibility index (Phi) is 2.54. The van der Waals surface area contributed by atoms with E-state index in [1.54, 1.807) is 13.0 Å². The van der Waals surface area contributed by atoms with E-state index in [4.69, 9.17) is 9.47 Å². The summed E-state index contributed by atoms with van der Waals surface area (Å²) < 4.78 is 11.5. The van der Waals surface area contributed by atoms with Gasteiger partial charge in [-0.25, -0.2) is 0 Å². The first-order valence-electron chi connectivity index (χ1n) is 6.95. The summed E-state index contributed by atoms with van der Waals surface area (Å²) in [4.78, 5) is 0. The van der Waals surface area contributed by atoms with Crippen molar-refractivity contribution in [2.24, 2.45) is 0 Å². The fraction of sp³-hybridized carbons (Fsp3) is 0.176. The third kappa shape index (κ3) is 1.72. The fourth-order valence-corrected chi connectivity index (χ4v) is 2.91. The zero-order chi connectivity index (χ0) is 15.4. The zero-order valence-electron chi connectivity index (χ0n) is 11.9. The highest BCUT2D eigenvalue weighted by atomic mass is 16.5. The predicted molar refractivity (Wildman–Crippen MR) is 79.4 cm³/mol. The third-order valence-electron chi connectivity index (χ3n) is 4.15. The monoisotopic (exact) mass is 298 g/mol. The van der Waals surface area contributed by atoms with Gasteiger partial charge in [0, 0.05) is 29.2 Å². The number of aromatic hydroxyl groups is 3. The predicted octanol–water partition coefficient (Wildman–Crippen LogP) is 2.85. The highest BCUT2D eigenvalue weighted by Crippen LogP contribution is 2.46. The summed E-state index contributed by atoms with van der Waals surface area (Å²) in [6.07, 6.45) is 0.617. The molecule has 5 heteroatoms. The van der Waals surface area contributed by atoms with Gasteiger partial charge in [0.05, 0.1) is 0 Å². The number of rotatable bonds is 0. The Morgan fingerprint density at radius 2 is 1.77 bits per heavy atom. The lowest BCUT2D eigenvalue weighted by molar-refractivity contribution is 0.265. The van der Waals surface area contributed by atoms with Gasteiger partial charge in [-0.1, -0.05) is 6.07 Å². The maximum absolute atomic E-state index is 9.81. The molecule has 22 heavy (non-hydrogen) atoms. The van der Waals surface area contributed by atoms with E-state index >= 15 is 0 Å². The second-order valence-corrected chi connectivity index (χ2v) is 5.50. The van der Waals surface area contributed by atoms with Crippen molar-refractivity contribution in [1.82, 2.24) is 0 Å². The molecule has 0 fully saturated rings. The lowest BCUT2D eigenvalue weighted by Gasteiger charge is -2.29. The Labute approximate surface area is 126 Å². The Balaban J connectivity index is 1.85. The van der Waals surface area contributed by atoms with Crippen LogP contribution >= 0.6 is 0 Å². The quantitative estimate of drug-likeness (QED) is 0.652. The number of hydrogen-bond donors (Lipinski definition) is 3. The van der Waals surface area contributed by atoms with Gasteiger partial charge in [-0.15, -0.1) is 0 Å². The van der Waals surface area contributed by atoms with Crippen molar-refractivity contribution in [2.75, 3.05) is 6.61 Å². The molecule has 2 aromatic rings. The number of phenols is 3. The van der Waals surface area contributed by atoms with Gasteiger partial charge in [-0.2, -0.15) is 0 Å². The average Bonchev–Trinajstić information content (AvgIpc) is 2.51. The number of allylic oxidation sites excluding steroid dienone is 1. The van der Waals surface area contributed by atoms with Crippen LogP contribution in [-0.4, -0.2) is 21.9 Å². The zero-order valence-corrected chi connectivity index (χ0v) is 11.9. The van der Waals surface area contributed by atoms with Crippen molar-refractivity contribution in [1.29, 1.82) is 0 Å². The van der Waals surface area contributed by atoms with E-state index in [1.165, 1.54) is 12.1 Å². The van der Waals surface area contributed by atoms with E-state index in [0.717, 1.165) is 11.1 Å². The first-order chi connectivity index (χ1) is 10.5. The molecule has 4 rings (SSSR count). The Hall–Kier alpha value is -2.82. The molecule has 0 atom stereocenters. The molecule has 112 valence electrons. The maximum Gasteiger partial charge on any atom is 0.161 e. The van der Waals surface area contributed by atoms with E-state index in [-0.39, 0.29) is 23.9 Å². The summed E-state index contributed by atoms with van der Waals surface area (Å²) in [6.45, 7) is 2.06. The van der Waals surface area contributed by atoms with Crippen molar-refractivity contribution in [3.63, 3.8) is 0 Å². The van der Waals surface area contributed by atoms with Gasteiger partial charge in [0.15, 0.2) is 11.5 Å². The van der Waals surface area contributed by atoms with Gasteiger partial charge in [0.25, 0.3) is 0 Å². The van der Waals surface area contributed by atoms with Crippen LogP contribution in [-0.2, 0) is 6.42 Å². The topological polar surface area (TPSA) is 79.2 Å². The average molecular weight is 298 g/mol. The van der Waals surface area contributed by atoms with Gasteiger partial charge >= 0.3 is 0 Å². The lowest BCUT2D eigenvalue weighted by Crippen LogP contribution is -2.20. The summed E-state index contributed by atoms with van der Waals surface area (Å²) in [5.74, 6) is 1.65. The molecule has 2 heterocycles.